The fourth-order valence-electron chi connectivity index (χ4n) is 3.60. The van der Waals surface area contributed by atoms with E-state index in [1.165, 1.54) is 25.7 Å². The van der Waals surface area contributed by atoms with Crippen LogP contribution in [0, 0.1) is 0 Å². The van der Waals surface area contributed by atoms with Crippen LogP contribution in [0.3, 0.4) is 0 Å². The number of nitrogens with one attached hydrogen (secondary N) is 1. The highest BCUT2D eigenvalue weighted by Gasteiger charge is 2.32. The van der Waals surface area contributed by atoms with Gasteiger partial charge >= 0.3 is 0 Å². The molecule has 0 spiro atoms. The molecule has 1 aliphatic carbocycles. The van der Waals surface area contributed by atoms with Gasteiger partial charge < -0.3 is 11.1 Å². The van der Waals surface area contributed by atoms with Crippen molar-refractivity contribution in [1.29, 1.82) is 0 Å². The molecule has 21 heavy (non-hydrogen) atoms. The number of rotatable bonds is 8. The molecular formula is C17H35N3O. The molecule has 0 aliphatic heterocycles. The lowest BCUT2D eigenvalue weighted by atomic mass is 9.90. The summed E-state index contributed by atoms with van der Waals surface area (Å²) < 4.78 is 0. The van der Waals surface area contributed by atoms with Gasteiger partial charge in [-0.15, -0.1) is 0 Å². The van der Waals surface area contributed by atoms with Crippen LogP contribution in [0.1, 0.15) is 72.1 Å². The third-order valence-corrected chi connectivity index (χ3v) is 5.30. The first-order chi connectivity index (χ1) is 10.1. The van der Waals surface area contributed by atoms with E-state index in [1.807, 2.05) is 0 Å². The van der Waals surface area contributed by atoms with Gasteiger partial charge in [-0.2, -0.15) is 0 Å². The summed E-state index contributed by atoms with van der Waals surface area (Å²) in [5.41, 5.74) is 5.98. The van der Waals surface area contributed by atoms with Gasteiger partial charge in [-0.25, -0.2) is 0 Å². The van der Waals surface area contributed by atoms with Gasteiger partial charge in [0.05, 0.1) is 6.54 Å². The number of nitrogens with zero attached hydrogens (tertiary/aromatic N) is 1. The highest BCUT2D eigenvalue weighted by atomic mass is 16.2. The summed E-state index contributed by atoms with van der Waals surface area (Å²) in [5.74, 6) is 0.170. The predicted molar refractivity (Wildman–Crippen MR) is 89.2 cm³/mol. The molecule has 1 rings (SSSR count). The van der Waals surface area contributed by atoms with Gasteiger partial charge in [-0.1, -0.05) is 46.5 Å². The van der Waals surface area contributed by atoms with Crippen LogP contribution in [0.4, 0.5) is 0 Å². The van der Waals surface area contributed by atoms with Gasteiger partial charge in [0.25, 0.3) is 0 Å². The second-order valence-corrected chi connectivity index (χ2v) is 6.41. The molecule has 1 amide bonds. The molecule has 0 aromatic heterocycles. The minimum absolute atomic E-state index is 0.0322. The van der Waals surface area contributed by atoms with E-state index in [-0.39, 0.29) is 11.4 Å². The molecule has 1 fully saturated rings. The second-order valence-electron chi connectivity index (χ2n) is 6.41. The van der Waals surface area contributed by atoms with Crippen LogP contribution in [0.15, 0.2) is 0 Å². The first kappa shape index (κ1) is 18.4. The molecule has 4 nitrogen and oxygen atoms in total. The van der Waals surface area contributed by atoms with Gasteiger partial charge in [-0.3, -0.25) is 9.69 Å². The minimum atomic E-state index is -0.0322. The Balaban J connectivity index is 2.56. The highest BCUT2D eigenvalue weighted by Crippen LogP contribution is 2.22. The third kappa shape index (κ3) is 5.26. The fraction of sp³-hybridized carbons (Fsp3) is 0.941. The van der Waals surface area contributed by atoms with E-state index < -0.39 is 0 Å². The molecule has 0 atom stereocenters. The van der Waals surface area contributed by atoms with Crippen LogP contribution < -0.4 is 11.1 Å². The van der Waals surface area contributed by atoms with Gasteiger partial charge in [-0.05, 0) is 32.2 Å². The Morgan fingerprint density at radius 3 is 2.14 bits per heavy atom. The van der Waals surface area contributed by atoms with Gasteiger partial charge in [0.2, 0.25) is 5.91 Å². The molecule has 0 bridgehead atoms. The smallest absolute Gasteiger partial charge is 0.234 e. The van der Waals surface area contributed by atoms with Crippen molar-refractivity contribution in [2.45, 2.75) is 83.7 Å². The molecule has 0 heterocycles. The molecule has 3 N–H and O–H groups in total. The molecule has 0 aromatic rings. The van der Waals surface area contributed by atoms with Crippen LogP contribution in [0.2, 0.25) is 0 Å². The Labute approximate surface area is 130 Å². The number of hydrogen-bond acceptors (Lipinski definition) is 3. The standard InChI is InChI=1S/C17H35N3O/c1-4-17(5-2,14-18)20(6-3)13-16(21)19-15-11-9-7-8-10-12-15/h15H,4-14,18H2,1-3H3,(H,19,21). The van der Waals surface area contributed by atoms with Gasteiger partial charge in [0, 0.05) is 18.1 Å². The third-order valence-electron chi connectivity index (χ3n) is 5.30. The summed E-state index contributed by atoms with van der Waals surface area (Å²) in [6.45, 7) is 8.42. The SMILES string of the molecule is CCN(CC(=O)NC1CCCCCC1)C(CC)(CC)CN. The average Bonchev–Trinajstić information content (AvgIpc) is 2.76. The molecule has 0 aromatic carbocycles. The van der Waals surface area contributed by atoms with Crippen LogP contribution in [-0.4, -0.2) is 42.0 Å². The monoisotopic (exact) mass is 297 g/mol. The number of hydrogen-bond donors (Lipinski definition) is 2. The lowest BCUT2D eigenvalue weighted by molar-refractivity contribution is -0.124. The van der Waals surface area contributed by atoms with Crippen molar-refractivity contribution in [3.8, 4) is 0 Å². The van der Waals surface area contributed by atoms with Crippen LogP contribution in [0.5, 0.6) is 0 Å². The van der Waals surface area contributed by atoms with E-state index in [0.29, 0.717) is 19.1 Å². The fourth-order valence-corrected chi connectivity index (χ4v) is 3.60. The molecule has 0 unspecified atom stereocenters. The highest BCUT2D eigenvalue weighted by molar-refractivity contribution is 5.78. The molecule has 0 saturated heterocycles. The zero-order valence-electron chi connectivity index (χ0n) is 14.3. The maximum absolute atomic E-state index is 12.4. The number of amides is 1. The summed E-state index contributed by atoms with van der Waals surface area (Å²) in [6, 6.07) is 0.384. The molecule has 1 aliphatic rings. The summed E-state index contributed by atoms with van der Waals surface area (Å²) in [5, 5.41) is 3.25. The average molecular weight is 297 g/mol. The second kappa shape index (κ2) is 9.42. The Bertz CT molecular complexity index is 286. The van der Waals surface area contributed by atoms with E-state index in [1.54, 1.807) is 0 Å². The minimum Gasteiger partial charge on any atom is -0.352 e. The largest absolute Gasteiger partial charge is 0.352 e. The Hall–Kier alpha value is -0.610. The van der Waals surface area contributed by atoms with E-state index in [2.05, 4.69) is 31.0 Å². The van der Waals surface area contributed by atoms with Crippen molar-refractivity contribution in [3.05, 3.63) is 0 Å². The van der Waals surface area contributed by atoms with Crippen LogP contribution in [0.25, 0.3) is 0 Å². The molecule has 0 radical (unpaired) electrons. The van der Waals surface area contributed by atoms with Crippen molar-refractivity contribution in [2.24, 2.45) is 5.73 Å². The maximum Gasteiger partial charge on any atom is 0.234 e. The van der Waals surface area contributed by atoms with Crippen LogP contribution >= 0.6 is 0 Å². The topological polar surface area (TPSA) is 58.4 Å². The lowest BCUT2D eigenvalue weighted by Crippen LogP contribution is -2.56. The zero-order valence-corrected chi connectivity index (χ0v) is 14.3. The summed E-state index contributed by atoms with van der Waals surface area (Å²) in [4.78, 5) is 14.7. The number of carbonyl (C=O) groups is 1. The summed E-state index contributed by atoms with van der Waals surface area (Å²) in [7, 11) is 0. The van der Waals surface area contributed by atoms with E-state index in [4.69, 9.17) is 5.73 Å². The normalized spacial score (nSPS) is 17.8. The van der Waals surface area contributed by atoms with Crippen LogP contribution in [-0.2, 0) is 4.79 Å². The van der Waals surface area contributed by atoms with Crippen molar-refractivity contribution in [1.82, 2.24) is 10.2 Å². The number of likely N-dealkylation sites (N-methyl/N-ethyl adjacent to an activating group) is 1. The van der Waals surface area contributed by atoms with E-state index in [9.17, 15) is 4.79 Å². The van der Waals surface area contributed by atoms with Gasteiger partial charge in [0.15, 0.2) is 0 Å². The first-order valence-corrected chi connectivity index (χ1v) is 8.86. The van der Waals surface area contributed by atoms with Crippen molar-refractivity contribution in [3.63, 3.8) is 0 Å². The molecule has 4 heteroatoms. The Kier molecular flexibility index (Phi) is 8.27. The predicted octanol–water partition coefficient (Wildman–Crippen LogP) is 2.66. The Morgan fingerprint density at radius 2 is 1.71 bits per heavy atom. The summed E-state index contributed by atoms with van der Waals surface area (Å²) in [6.07, 6.45) is 9.39. The lowest BCUT2D eigenvalue weighted by Gasteiger charge is -2.41. The van der Waals surface area contributed by atoms with Crippen molar-refractivity contribution < 1.29 is 4.79 Å². The molecule has 124 valence electrons. The number of carbonyl (C=O) groups excluding carboxylic acids is 1. The number of nitrogens with two attached hydrogens (primary N) is 1. The molecule has 1 saturated carbocycles. The maximum atomic E-state index is 12.4. The quantitative estimate of drug-likeness (QED) is 0.677. The van der Waals surface area contributed by atoms with Crippen molar-refractivity contribution >= 4 is 5.91 Å². The van der Waals surface area contributed by atoms with Crippen molar-refractivity contribution in [2.75, 3.05) is 19.6 Å². The first-order valence-electron chi connectivity index (χ1n) is 8.86. The molecular weight excluding hydrogens is 262 g/mol. The van der Waals surface area contributed by atoms with E-state index >= 15 is 0 Å². The van der Waals surface area contributed by atoms with Gasteiger partial charge in [0.1, 0.15) is 0 Å². The zero-order chi connectivity index (χ0) is 15.7. The Morgan fingerprint density at radius 1 is 1.14 bits per heavy atom. The van der Waals surface area contributed by atoms with E-state index in [0.717, 1.165) is 32.2 Å². The summed E-state index contributed by atoms with van der Waals surface area (Å²) >= 11 is 0.